The van der Waals surface area contributed by atoms with Crippen molar-refractivity contribution in [2.24, 2.45) is 5.92 Å². The Kier molecular flexibility index (Phi) is 6.38. The number of nitrogens with one attached hydrogen (secondary N) is 1. The van der Waals surface area contributed by atoms with Crippen LogP contribution in [0.2, 0.25) is 0 Å². The molecule has 1 N–H and O–H groups in total. The van der Waals surface area contributed by atoms with Gasteiger partial charge >= 0.3 is 0 Å². The standard InChI is InChI=1S/C25H29N5/c1-3-4-5-9-19(2)23-15-24(27-17-21-12-8-13-26-16-21)30-25(29-23)22(18-28-30)14-20-10-6-7-11-20/h3-5,8-9,12-13,15-16,18,20,27H,1,6-7,10-11,14,17H2,2H3/b5-4-,19-9+. The van der Waals surface area contributed by atoms with Crippen molar-refractivity contribution in [3.8, 4) is 0 Å². The molecule has 5 nitrogen and oxygen atoms in total. The third-order valence-corrected chi connectivity index (χ3v) is 5.72. The maximum absolute atomic E-state index is 4.99. The molecule has 1 fully saturated rings. The van der Waals surface area contributed by atoms with Gasteiger partial charge in [-0.2, -0.15) is 9.61 Å². The number of fused-ring (bicyclic) bond motifs is 1. The van der Waals surface area contributed by atoms with Crippen LogP contribution in [0.5, 0.6) is 0 Å². The Balaban J connectivity index is 1.69. The smallest absolute Gasteiger partial charge is 0.161 e. The van der Waals surface area contributed by atoms with Crippen LogP contribution in [0.25, 0.3) is 11.2 Å². The molecule has 0 unspecified atom stereocenters. The molecule has 0 radical (unpaired) electrons. The van der Waals surface area contributed by atoms with Gasteiger partial charge in [0.25, 0.3) is 0 Å². The van der Waals surface area contributed by atoms with Crippen molar-refractivity contribution in [3.05, 3.63) is 84.5 Å². The van der Waals surface area contributed by atoms with E-state index < -0.39 is 0 Å². The summed E-state index contributed by atoms with van der Waals surface area (Å²) in [7, 11) is 0. The first-order valence-corrected chi connectivity index (χ1v) is 10.7. The van der Waals surface area contributed by atoms with E-state index in [1.54, 1.807) is 12.3 Å². The molecule has 5 heteroatoms. The molecule has 0 saturated heterocycles. The average molecular weight is 400 g/mol. The Morgan fingerprint density at radius 1 is 1.27 bits per heavy atom. The first kappa shape index (κ1) is 20.1. The summed E-state index contributed by atoms with van der Waals surface area (Å²) in [5, 5.41) is 8.21. The highest BCUT2D eigenvalue weighted by atomic mass is 15.3. The Hall–Kier alpha value is -3.21. The van der Waals surface area contributed by atoms with Gasteiger partial charge in [0.2, 0.25) is 0 Å². The quantitative estimate of drug-likeness (QED) is 0.500. The number of hydrogen-bond donors (Lipinski definition) is 1. The van der Waals surface area contributed by atoms with Gasteiger partial charge in [0, 0.05) is 30.6 Å². The van der Waals surface area contributed by atoms with E-state index in [0.717, 1.165) is 40.6 Å². The van der Waals surface area contributed by atoms with Gasteiger partial charge < -0.3 is 5.32 Å². The number of aromatic nitrogens is 4. The van der Waals surface area contributed by atoms with E-state index in [2.05, 4.69) is 47.1 Å². The van der Waals surface area contributed by atoms with Crippen molar-refractivity contribution in [1.82, 2.24) is 19.6 Å². The van der Waals surface area contributed by atoms with E-state index in [9.17, 15) is 0 Å². The van der Waals surface area contributed by atoms with Crippen molar-refractivity contribution in [2.45, 2.75) is 45.6 Å². The molecule has 30 heavy (non-hydrogen) atoms. The Morgan fingerprint density at radius 3 is 2.90 bits per heavy atom. The van der Waals surface area contributed by atoms with Gasteiger partial charge in [-0.1, -0.05) is 62.6 Å². The molecule has 0 spiro atoms. The average Bonchev–Trinajstić information content (AvgIpc) is 3.43. The summed E-state index contributed by atoms with van der Waals surface area (Å²) in [5.41, 5.74) is 5.38. The number of hydrogen-bond acceptors (Lipinski definition) is 4. The maximum atomic E-state index is 4.99. The molecule has 0 aliphatic heterocycles. The van der Waals surface area contributed by atoms with Crippen molar-refractivity contribution in [3.63, 3.8) is 0 Å². The van der Waals surface area contributed by atoms with Gasteiger partial charge in [0.1, 0.15) is 5.82 Å². The highest BCUT2D eigenvalue weighted by Crippen LogP contribution is 2.30. The van der Waals surface area contributed by atoms with E-state index in [4.69, 9.17) is 4.98 Å². The second-order valence-corrected chi connectivity index (χ2v) is 7.97. The number of pyridine rings is 1. The highest BCUT2D eigenvalue weighted by molar-refractivity contribution is 5.68. The van der Waals surface area contributed by atoms with Gasteiger partial charge in [-0.15, -0.1) is 0 Å². The summed E-state index contributed by atoms with van der Waals surface area (Å²) in [6.07, 6.45) is 19.8. The predicted octanol–water partition coefficient (Wildman–Crippen LogP) is 5.61. The molecule has 1 aliphatic carbocycles. The van der Waals surface area contributed by atoms with Gasteiger partial charge in [-0.05, 0) is 36.5 Å². The normalized spacial score (nSPS) is 15.3. The fourth-order valence-corrected chi connectivity index (χ4v) is 4.06. The van der Waals surface area contributed by atoms with Gasteiger partial charge in [0.05, 0.1) is 11.9 Å². The number of anilines is 1. The van der Waals surface area contributed by atoms with Crippen LogP contribution < -0.4 is 5.32 Å². The molecule has 3 aromatic heterocycles. The Labute approximate surface area is 178 Å². The minimum absolute atomic E-state index is 0.684. The Bertz CT molecular complexity index is 1060. The van der Waals surface area contributed by atoms with Crippen molar-refractivity contribution in [2.75, 3.05) is 5.32 Å². The van der Waals surface area contributed by atoms with Gasteiger partial charge in [-0.25, -0.2) is 4.98 Å². The minimum atomic E-state index is 0.684. The summed E-state index contributed by atoms with van der Waals surface area (Å²) in [4.78, 5) is 9.20. The molecule has 3 heterocycles. The summed E-state index contributed by atoms with van der Waals surface area (Å²) < 4.78 is 1.94. The topological polar surface area (TPSA) is 55.1 Å². The summed E-state index contributed by atoms with van der Waals surface area (Å²) in [6.45, 7) is 6.50. The number of nitrogens with zero attached hydrogens (tertiary/aromatic N) is 4. The second kappa shape index (κ2) is 9.53. The van der Waals surface area contributed by atoms with Crippen LogP contribution in [0.3, 0.4) is 0 Å². The van der Waals surface area contributed by atoms with E-state index in [1.807, 2.05) is 35.1 Å². The number of rotatable bonds is 8. The fourth-order valence-electron chi connectivity index (χ4n) is 4.06. The largest absolute Gasteiger partial charge is 0.366 e. The molecular weight excluding hydrogens is 370 g/mol. The van der Waals surface area contributed by atoms with E-state index in [-0.39, 0.29) is 0 Å². The van der Waals surface area contributed by atoms with Gasteiger partial charge in [0.15, 0.2) is 5.65 Å². The summed E-state index contributed by atoms with van der Waals surface area (Å²) >= 11 is 0. The molecule has 0 amide bonds. The third kappa shape index (κ3) is 4.67. The maximum Gasteiger partial charge on any atom is 0.161 e. The summed E-state index contributed by atoms with van der Waals surface area (Å²) in [5.74, 6) is 1.69. The predicted molar refractivity (Wildman–Crippen MR) is 123 cm³/mol. The van der Waals surface area contributed by atoms with Crippen LogP contribution in [-0.2, 0) is 13.0 Å². The third-order valence-electron chi connectivity index (χ3n) is 5.72. The van der Waals surface area contributed by atoms with Crippen LogP contribution >= 0.6 is 0 Å². The second-order valence-electron chi connectivity index (χ2n) is 7.97. The fraction of sp³-hybridized carbons (Fsp3) is 0.320. The van der Waals surface area contributed by atoms with Gasteiger partial charge in [-0.3, -0.25) is 4.98 Å². The lowest BCUT2D eigenvalue weighted by Gasteiger charge is -2.12. The molecule has 0 atom stereocenters. The summed E-state index contributed by atoms with van der Waals surface area (Å²) in [6, 6.07) is 6.10. The lowest BCUT2D eigenvalue weighted by molar-refractivity contribution is 0.548. The van der Waals surface area contributed by atoms with Crippen LogP contribution in [-0.4, -0.2) is 19.6 Å². The van der Waals surface area contributed by atoms with E-state index in [0.29, 0.717) is 6.54 Å². The number of allylic oxidation sites excluding steroid dienone is 5. The lowest BCUT2D eigenvalue weighted by atomic mass is 10.00. The first-order valence-electron chi connectivity index (χ1n) is 10.7. The first-order chi connectivity index (χ1) is 14.7. The van der Waals surface area contributed by atoms with Crippen molar-refractivity contribution < 1.29 is 0 Å². The van der Waals surface area contributed by atoms with E-state index in [1.165, 1.54) is 31.2 Å². The van der Waals surface area contributed by atoms with Crippen LogP contribution in [0.1, 0.15) is 49.4 Å². The van der Waals surface area contributed by atoms with Crippen molar-refractivity contribution in [1.29, 1.82) is 0 Å². The zero-order chi connectivity index (χ0) is 20.8. The molecule has 0 bridgehead atoms. The zero-order valence-electron chi connectivity index (χ0n) is 17.6. The molecule has 1 saturated carbocycles. The Morgan fingerprint density at radius 2 is 2.13 bits per heavy atom. The van der Waals surface area contributed by atoms with Crippen LogP contribution in [0.4, 0.5) is 5.82 Å². The molecule has 154 valence electrons. The molecular formula is C25H29N5. The monoisotopic (exact) mass is 399 g/mol. The molecule has 4 rings (SSSR count). The molecule has 1 aliphatic rings. The SMILES string of the molecule is C=C/C=C\C=C(/C)c1cc(NCc2cccnc2)n2ncc(CC3CCCC3)c2n1. The minimum Gasteiger partial charge on any atom is -0.366 e. The van der Waals surface area contributed by atoms with E-state index >= 15 is 0 Å². The lowest BCUT2D eigenvalue weighted by Crippen LogP contribution is -2.08. The molecule has 3 aromatic rings. The van der Waals surface area contributed by atoms with Crippen LogP contribution in [0.15, 0.2) is 67.7 Å². The van der Waals surface area contributed by atoms with Crippen LogP contribution in [0, 0.1) is 5.92 Å². The highest BCUT2D eigenvalue weighted by Gasteiger charge is 2.19. The zero-order valence-corrected chi connectivity index (χ0v) is 17.6. The molecule has 0 aromatic carbocycles. The van der Waals surface area contributed by atoms with Crippen molar-refractivity contribution >= 4 is 17.0 Å².